The Balaban J connectivity index is 2.96. The highest BCUT2D eigenvalue weighted by molar-refractivity contribution is 6.14. The smallest absolute Gasteiger partial charge is 0.159 e. The summed E-state index contributed by atoms with van der Waals surface area (Å²) in [5, 5.41) is 0. The quantitative estimate of drug-likeness (QED) is 0.0757. The lowest BCUT2D eigenvalue weighted by molar-refractivity contribution is 1.02. The van der Waals surface area contributed by atoms with Crippen molar-refractivity contribution in [3.8, 4) is 0 Å². The van der Waals surface area contributed by atoms with Crippen LogP contribution in [0.5, 0.6) is 0 Å². The number of hydrogen-bond donors (Lipinski definition) is 0. The fraction of sp³-hybridized carbons (Fsp3) is 0.241. The van der Waals surface area contributed by atoms with Crippen LogP contribution in [0, 0.1) is 0 Å². The number of rotatable bonds is 19. The van der Waals surface area contributed by atoms with Crippen molar-refractivity contribution in [3.63, 3.8) is 0 Å². The molecule has 0 radical (unpaired) electrons. The summed E-state index contributed by atoms with van der Waals surface area (Å²) in [5.41, 5.74) is 15.3. The first-order valence-electron chi connectivity index (χ1n) is 21.3. The van der Waals surface area contributed by atoms with E-state index >= 15 is 0 Å². The van der Waals surface area contributed by atoms with Gasteiger partial charge < -0.3 is 0 Å². The molecule has 1 aromatic carbocycles. The average Bonchev–Trinajstić information content (AvgIpc) is 3.26. The van der Waals surface area contributed by atoms with Gasteiger partial charge in [-0.25, -0.2) is 9.98 Å². The van der Waals surface area contributed by atoms with Crippen LogP contribution in [-0.4, -0.2) is 11.5 Å². The first kappa shape index (κ1) is 50.0. The third-order valence-electron chi connectivity index (χ3n) is 9.94. The molecule has 60 heavy (non-hydrogen) atoms. The van der Waals surface area contributed by atoms with Gasteiger partial charge in [0, 0.05) is 11.3 Å². The predicted octanol–water partition coefficient (Wildman–Crippen LogP) is 17.1. The zero-order valence-corrected chi connectivity index (χ0v) is 38.6. The fourth-order valence-electron chi connectivity index (χ4n) is 6.50. The molecule has 1 aliphatic carbocycles. The van der Waals surface area contributed by atoms with Crippen molar-refractivity contribution in [3.05, 3.63) is 244 Å². The normalized spacial score (nSPS) is 16.8. The Morgan fingerprint density at radius 1 is 0.700 bits per heavy atom. The van der Waals surface area contributed by atoms with Gasteiger partial charge in [0.25, 0.3) is 0 Å². The predicted molar refractivity (Wildman–Crippen MR) is 271 cm³/mol. The van der Waals surface area contributed by atoms with E-state index in [0.717, 1.165) is 80.7 Å². The molecule has 0 unspecified atom stereocenters. The number of aliphatic imine (C=N–C) groups is 2. The van der Waals surface area contributed by atoms with Gasteiger partial charge in [0.15, 0.2) is 5.84 Å². The highest BCUT2D eigenvalue weighted by Crippen LogP contribution is 2.34. The SMILES string of the molecule is C=CC(=C(C)/C(/C=C\C)=C/C(=C)C(=C/C)/C=C(\C=C(C)\C(C)=C\C=C/C)C(C)=NC(=NC(=C)c1ccccc1)C(/C=C\C)=C/C=C\C)/C(=C/CC)C(=C\C)/C1=CCCC=C1. The van der Waals surface area contributed by atoms with Gasteiger partial charge in [0.1, 0.15) is 0 Å². The van der Waals surface area contributed by atoms with Crippen molar-refractivity contribution in [2.24, 2.45) is 9.98 Å². The number of nitrogens with zero attached hydrogens (tertiary/aromatic N) is 2. The Morgan fingerprint density at radius 3 is 1.93 bits per heavy atom. The maximum Gasteiger partial charge on any atom is 0.159 e. The van der Waals surface area contributed by atoms with E-state index in [1.54, 1.807) is 0 Å². The molecule has 0 spiro atoms. The summed E-state index contributed by atoms with van der Waals surface area (Å²) in [6.45, 7) is 36.3. The zero-order valence-electron chi connectivity index (χ0n) is 38.6. The monoisotopic (exact) mass is 795 g/mol. The van der Waals surface area contributed by atoms with Gasteiger partial charge in [-0.1, -0.05) is 160 Å². The standard InChI is InChI=1S/C58H70N2/c1-15-23-34-43(9)44(10)40-54(48(14)60-58(52(31-17-3)35-24-16-2)59-47(13)50-36-27-25-28-37-50)42-49(20-6)45(11)41-53(32-18-4)46(12)55(21-7)57(33-19-5)56(22-8)51-38-29-26-30-39-51/h15-18,20-25,27-29,31-42H,7,11,13,19,26,30H2,1-6,8-10,12,14H3/b23-15-,24-16-,31-17-,32-18-,43-34+,44-40+,49-20+,52-35+,53-41+,54-42+,55-46-,56-22-,57-33-,59-58?,60-48?. The van der Waals surface area contributed by atoms with Crippen molar-refractivity contribution in [1.29, 1.82) is 0 Å². The van der Waals surface area contributed by atoms with E-state index in [4.69, 9.17) is 9.98 Å². The van der Waals surface area contributed by atoms with Gasteiger partial charge in [0.05, 0.1) is 5.70 Å². The summed E-state index contributed by atoms with van der Waals surface area (Å²) < 4.78 is 0. The Bertz CT molecular complexity index is 2240. The van der Waals surface area contributed by atoms with Crippen LogP contribution in [0.3, 0.4) is 0 Å². The molecule has 2 nitrogen and oxygen atoms in total. The highest BCUT2D eigenvalue weighted by Gasteiger charge is 2.16. The summed E-state index contributed by atoms with van der Waals surface area (Å²) >= 11 is 0. The maximum atomic E-state index is 5.27. The molecule has 1 aliphatic rings. The lowest BCUT2D eigenvalue weighted by Crippen LogP contribution is -2.06. The lowest BCUT2D eigenvalue weighted by atomic mass is 9.85. The summed E-state index contributed by atoms with van der Waals surface area (Å²) in [6.07, 6.45) is 45.7. The molecule has 0 heterocycles. The van der Waals surface area contributed by atoms with Crippen LogP contribution < -0.4 is 0 Å². The second kappa shape index (κ2) is 27.5. The topological polar surface area (TPSA) is 24.7 Å². The van der Waals surface area contributed by atoms with Gasteiger partial charge >= 0.3 is 0 Å². The molecule has 0 fully saturated rings. The molecule has 312 valence electrons. The minimum Gasteiger partial charge on any atom is -0.233 e. The van der Waals surface area contributed by atoms with Gasteiger partial charge in [-0.05, 0) is 174 Å². The molecule has 2 rings (SSSR count). The molecule has 0 saturated carbocycles. The number of hydrogen-bond acceptors (Lipinski definition) is 1. The molecular formula is C58H70N2. The summed E-state index contributed by atoms with van der Waals surface area (Å²) in [6, 6.07) is 10.0. The van der Waals surface area contributed by atoms with E-state index in [2.05, 4.69) is 147 Å². The third-order valence-corrected chi connectivity index (χ3v) is 9.94. The first-order chi connectivity index (χ1) is 28.9. The van der Waals surface area contributed by atoms with Crippen molar-refractivity contribution in [1.82, 2.24) is 0 Å². The third kappa shape index (κ3) is 15.6. The van der Waals surface area contributed by atoms with Crippen LogP contribution in [0.2, 0.25) is 0 Å². The van der Waals surface area contributed by atoms with Gasteiger partial charge in [-0.15, -0.1) is 0 Å². The Labute approximate surface area is 365 Å². The van der Waals surface area contributed by atoms with Crippen LogP contribution in [-0.2, 0) is 0 Å². The maximum absolute atomic E-state index is 5.27. The van der Waals surface area contributed by atoms with E-state index in [1.165, 1.54) is 16.7 Å². The largest absolute Gasteiger partial charge is 0.233 e. The fourth-order valence-corrected chi connectivity index (χ4v) is 6.50. The molecule has 0 atom stereocenters. The second-order valence-corrected chi connectivity index (χ2v) is 14.4. The Morgan fingerprint density at radius 2 is 1.37 bits per heavy atom. The Hall–Kier alpha value is -6.12. The van der Waals surface area contributed by atoms with Crippen molar-refractivity contribution >= 4 is 17.2 Å². The van der Waals surface area contributed by atoms with Crippen LogP contribution in [0.25, 0.3) is 5.70 Å². The molecule has 1 aromatic rings. The number of allylic oxidation sites excluding steroid dienone is 30. The van der Waals surface area contributed by atoms with Crippen LogP contribution >= 0.6 is 0 Å². The van der Waals surface area contributed by atoms with E-state index in [9.17, 15) is 0 Å². The Kier molecular flexibility index (Phi) is 23.0. The summed E-state index contributed by atoms with van der Waals surface area (Å²) in [7, 11) is 0. The molecular weight excluding hydrogens is 725 g/mol. The number of amidine groups is 1. The molecule has 0 aliphatic heterocycles. The van der Waals surface area contributed by atoms with Crippen LogP contribution in [0.4, 0.5) is 0 Å². The van der Waals surface area contributed by atoms with Gasteiger partial charge in [-0.3, -0.25) is 0 Å². The van der Waals surface area contributed by atoms with Crippen molar-refractivity contribution < 1.29 is 0 Å². The first-order valence-corrected chi connectivity index (χ1v) is 21.3. The molecule has 0 amide bonds. The summed E-state index contributed by atoms with van der Waals surface area (Å²) in [5.74, 6) is 0.570. The minimum absolute atomic E-state index is 0.570. The van der Waals surface area contributed by atoms with E-state index < -0.39 is 0 Å². The minimum atomic E-state index is 0.570. The zero-order chi connectivity index (χ0) is 44.5. The molecule has 0 aromatic heterocycles. The lowest BCUT2D eigenvalue weighted by Gasteiger charge is -2.20. The average molecular weight is 795 g/mol. The van der Waals surface area contributed by atoms with Gasteiger partial charge in [0.2, 0.25) is 0 Å². The van der Waals surface area contributed by atoms with Crippen molar-refractivity contribution in [2.75, 3.05) is 0 Å². The molecule has 0 saturated heterocycles. The summed E-state index contributed by atoms with van der Waals surface area (Å²) in [4.78, 5) is 10.3. The number of benzene rings is 1. The second-order valence-electron chi connectivity index (χ2n) is 14.4. The van der Waals surface area contributed by atoms with E-state index in [1.807, 2.05) is 101 Å². The highest BCUT2D eigenvalue weighted by atomic mass is 14.9. The molecule has 0 N–H and O–H groups in total. The molecule has 2 heteroatoms. The van der Waals surface area contributed by atoms with Crippen LogP contribution in [0.1, 0.15) is 101 Å². The van der Waals surface area contributed by atoms with E-state index in [-0.39, 0.29) is 0 Å². The molecule has 0 bridgehead atoms. The van der Waals surface area contributed by atoms with E-state index in [0.29, 0.717) is 11.5 Å². The van der Waals surface area contributed by atoms with Gasteiger partial charge in [-0.2, -0.15) is 0 Å². The van der Waals surface area contributed by atoms with Crippen LogP contribution in [0.15, 0.2) is 248 Å². The van der Waals surface area contributed by atoms with Crippen molar-refractivity contribution in [2.45, 2.75) is 95.4 Å².